The van der Waals surface area contributed by atoms with Gasteiger partial charge in [0.25, 0.3) is 0 Å². The second-order valence-corrected chi connectivity index (χ2v) is 9.21. The third kappa shape index (κ3) is 4.08. The van der Waals surface area contributed by atoms with E-state index < -0.39 is 0 Å². The van der Waals surface area contributed by atoms with Crippen molar-refractivity contribution < 1.29 is 14.3 Å². The average molecular weight is 495 g/mol. The summed E-state index contributed by atoms with van der Waals surface area (Å²) in [6.45, 7) is 0. The SMILES string of the molecule is COc1ccc2cccc(-c3ccccc3C(=O)c3ccccc3-c3cccc4ccc(OC)cc34)c2c1. The molecule has 0 aliphatic rings. The fraction of sp³-hybridized carbons (Fsp3) is 0.0571. The fourth-order valence-corrected chi connectivity index (χ4v) is 5.20. The van der Waals surface area contributed by atoms with E-state index >= 15 is 0 Å². The van der Waals surface area contributed by atoms with Crippen LogP contribution in [0.15, 0.2) is 121 Å². The average Bonchev–Trinajstić information content (AvgIpc) is 2.99. The molecule has 0 atom stereocenters. The molecule has 0 fully saturated rings. The number of methoxy groups -OCH3 is 2. The number of carbonyl (C=O) groups is 1. The molecule has 0 bridgehead atoms. The van der Waals surface area contributed by atoms with E-state index in [-0.39, 0.29) is 5.78 Å². The summed E-state index contributed by atoms with van der Waals surface area (Å²) in [6.07, 6.45) is 0. The van der Waals surface area contributed by atoms with E-state index in [0.717, 1.165) is 55.3 Å². The summed E-state index contributed by atoms with van der Waals surface area (Å²) in [5.41, 5.74) is 5.10. The lowest BCUT2D eigenvalue weighted by Crippen LogP contribution is -2.06. The number of hydrogen-bond donors (Lipinski definition) is 0. The van der Waals surface area contributed by atoms with Crippen LogP contribution < -0.4 is 9.47 Å². The van der Waals surface area contributed by atoms with Gasteiger partial charge in [-0.2, -0.15) is 0 Å². The zero-order valence-electron chi connectivity index (χ0n) is 21.3. The summed E-state index contributed by atoms with van der Waals surface area (Å²) in [7, 11) is 3.34. The number of ketones is 1. The van der Waals surface area contributed by atoms with Crippen LogP contribution in [-0.4, -0.2) is 20.0 Å². The molecule has 0 heterocycles. The topological polar surface area (TPSA) is 35.5 Å². The summed E-state index contributed by atoms with van der Waals surface area (Å²) in [5.74, 6) is 1.55. The van der Waals surface area contributed by atoms with E-state index in [1.807, 2.05) is 97.1 Å². The van der Waals surface area contributed by atoms with Crippen molar-refractivity contribution in [1.29, 1.82) is 0 Å². The molecule has 0 spiro atoms. The number of carbonyl (C=O) groups excluding carboxylic acids is 1. The number of fused-ring (bicyclic) bond motifs is 2. The highest BCUT2D eigenvalue weighted by Crippen LogP contribution is 2.37. The molecule has 0 saturated carbocycles. The summed E-state index contributed by atoms with van der Waals surface area (Å²) in [5, 5.41) is 4.27. The highest BCUT2D eigenvalue weighted by Gasteiger charge is 2.20. The van der Waals surface area contributed by atoms with Gasteiger partial charge in [0.2, 0.25) is 0 Å². The monoisotopic (exact) mass is 494 g/mol. The van der Waals surface area contributed by atoms with Gasteiger partial charge in [-0.05, 0) is 68.1 Å². The molecule has 6 aromatic rings. The molecule has 0 saturated heterocycles. The van der Waals surface area contributed by atoms with Crippen LogP contribution in [0.5, 0.6) is 11.5 Å². The van der Waals surface area contributed by atoms with Gasteiger partial charge in [-0.3, -0.25) is 4.79 Å². The van der Waals surface area contributed by atoms with Gasteiger partial charge in [-0.25, -0.2) is 0 Å². The molecule has 0 aliphatic carbocycles. The second-order valence-electron chi connectivity index (χ2n) is 9.21. The van der Waals surface area contributed by atoms with E-state index in [1.165, 1.54) is 0 Å². The normalized spacial score (nSPS) is 11.0. The van der Waals surface area contributed by atoms with Crippen molar-refractivity contribution in [3.05, 3.63) is 132 Å². The maximum atomic E-state index is 14.3. The van der Waals surface area contributed by atoms with Gasteiger partial charge >= 0.3 is 0 Å². The maximum absolute atomic E-state index is 14.3. The molecule has 38 heavy (non-hydrogen) atoms. The van der Waals surface area contributed by atoms with Crippen molar-refractivity contribution in [3.63, 3.8) is 0 Å². The van der Waals surface area contributed by atoms with Gasteiger partial charge in [0.15, 0.2) is 5.78 Å². The van der Waals surface area contributed by atoms with Crippen molar-refractivity contribution >= 4 is 27.3 Å². The number of hydrogen-bond acceptors (Lipinski definition) is 3. The summed E-state index contributed by atoms with van der Waals surface area (Å²) < 4.78 is 11.0. The Labute approximate surface area is 221 Å². The van der Waals surface area contributed by atoms with Gasteiger partial charge in [0.1, 0.15) is 11.5 Å². The van der Waals surface area contributed by atoms with Gasteiger partial charge in [-0.1, -0.05) is 97.1 Å². The lowest BCUT2D eigenvalue weighted by atomic mass is 9.87. The predicted octanol–water partition coefficient (Wildman–Crippen LogP) is 8.58. The van der Waals surface area contributed by atoms with E-state index in [0.29, 0.717) is 11.1 Å². The van der Waals surface area contributed by atoms with Crippen molar-refractivity contribution in [2.75, 3.05) is 14.2 Å². The third-order valence-electron chi connectivity index (χ3n) is 7.10. The van der Waals surface area contributed by atoms with Crippen LogP contribution in [0.1, 0.15) is 15.9 Å². The van der Waals surface area contributed by atoms with Crippen molar-refractivity contribution in [3.8, 4) is 33.8 Å². The van der Waals surface area contributed by atoms with Gasteiger partial charge in [0.05, 0.1) is 14.2 Å². The summed E-state index contributed by atoms with van der Waals surface area (Å²) in [6, 6.07) is 40.1. The van der Waals surface area contributed by atoms with Crippen LogP contribution >= 0.6 is 0 Å². The standard InChI is InChI=1S/C35H26O3/c1-37-25-19-17-23-9-7-15-29(33(23)21-25)27-11-3-5-13-31(27)35(36)32-14-6-4-12-28(32)30-16-8-10-24-18-20-26(38-2)22-34(24)30/h3-22H,1-2H3. The molecule has 0 radical (unpaired) electrons. The number of benzene rings is 6. The maximum Gasteiger partial charge on any atom is 0.194 e. The molecular formula is C35H26O3. The zero-order chi connectivity index (χ0) is 26.1. The van der Waals surface area contributed by atoms with Crippen LogP contribution in [0.4, 0.5) is 0 Å². The molecule has 3 heteroatoms. The molecule has 184 valence electrons. The van der Waals surface area contributed by atoms with E-state index in [9.17, 15) is 4.79 Å². The molecule has 6 rings (SSSR count). The van der Waals surface area contributed by atoms with E-state index in [1.54, 1.807) is 14.2 Å². The Morgan fingerprint density at radius 2 is 0.895 bits per heavy atom. The Hall–Kier alpha value is -4.89. The minimum Gasteiger partial charge on any atom is -0.497 e. The molecule has 6 aromatic carbocycles. The molecule has 0 unspecified atom stereocenters. The fourth-order valence-electron chi connectivity index (χ4n) is 5.20. The Bertz CT molecular complexity index is 1680. The highest BCUT2D eigenvalue weighted by atomic mass is 16.5. The first-order valence-electron chi connectivity index (χ1n) is 12.5. The van der Waals surface area contributed by atoms with E-state index in [4.69, 9.17) is 9.47 Å². The number of ether oxygens (including phenoxy) is 2. The van der Waals surface area contributed by atoms with Crippen LogP contribution in [0.25, 0.3) is 43.8 Å². The predicted molar refractivity (Wildman–Crippen MR) is 155 cm³/mol. The Balaban J connectivity index is 1.53. The second kappa shape index (κ2) is 9.87. The first-order chi connectivity index (χ1) is 18.7. The van der Waals surface area contributed by atoms with Crippen molar-refractivity contribution in [2.45, 2.75) is 0 Å². The minimum absolute atomic E-state index is 0.0176. The lowest BCUT2D eigenvalue weighted by molar-refractivity contribution is 0.104. The smallest absolute Gasteiger partial charge is 0.194 e. The Morgan fingerprint density at radius 1 is 0.474 bits per heavy atom. The first-order valence-corrected chi connectivity index (χ1v) is 12.5. The minimum atomic E-state index is -0.0176. The highest BCUT2D eigenvalue weighted by molar-refractivity contribution is 6.18. The molecule has 0 aliphatic heterocycles. The van der Waals surface area contributed by atoms with Crippen LogP contribution in [0, 0.1) is 0 Å². The summed E-state index contributed by atoms with van der Waals surface area (Å²) in [4.78, 5) is 14.3. The van der Waals surface area contributed by atoms with Gasteiger partial charge in [0, 0.05) is 11.1 Å². The molecule has 3 nitrogen and oxygen atoms in total. The van der Waals surface area contributed by atoms with Gasteiger partial charge < -0.3 is 9.47 Å². The van der Waals surface area contributed by atoms with Crippen LogP contribution in [-0.2, 0) is 0 Å². The zero-order valence-corrected chi connectivity index (χ0v) is 21.3. The van der Waals surface area contributed by atoms with Crippen LogP contribution in [0.3, 0.4) is 0 Å². The number of rotatable bonds is 6. The summed E-state index contributed by atoms with van der Waals surface area (Å²) >= 11 is 0. The van der Waals surface area contributed by atoms with Crippen molar-refractivity contribution in [2.24, 2.45) is 0 Å². The van der Waals surface area contributed by atoms with E-state index in [2.05, 4.69) is 24.3 Å². The molecule has 0 amide bonds. The first kappa shape index (κ1) is 23.5. The third-order valence-corrected chi connectivity index (χ3v) is 7.10. The lowest BCUT2D eigenvalue weighted by Gasteiger charge is -2.15. The largest absolute Gasteiger partial charge is 0.497 e. The van der Waals surface area contributed by atoms with Crippen molar-refractivity contribution in [1.82, 2.24) is 0 Å². The quantitative estimate of drug-likeness (QED) is 0.218. The molecule has 0 aromatic heterocycles. The molecular weight excluding hydrogens is 468 g/mol. The van der Waals surface area contributed by atoms with Gasteiger partial charge in [-0.15, -0.1) is 0 Å². The Morgan fingerprint density at radius 3 is 1.34 bits per heavy atom. The van der Waals surface area contributed by atoms with Crippen LogP contribution in [0.2, 0.25) is 0 Å². The Kier molecular flexibility index (Phi) is 6.11. The molecule has 0 N–H and O–H groups in total.